The molecule has 5 nitrogen and oxygen atoms in total. The molecule has 1 aliphatic heterocycles. The van der Waals surface area contributed by atoms with Crippen LogP contribution in [0.5, 0.6) is 0 Å². The molecule has 1 aliphatic rings. The maximum Gasteiger partial charge on any atom is 0.0897 e. The minimum atomic E-state index is -0.635. The Balaban J connectivity index is 1.87. The molecule has 0 radical (unpaired) electrons. The van der Waals surface area contributed by atoms with Gasteiger partial charge in [-0.05, 0) is 18.2 Å². The molecular formula is C13H21N3O2. The Kier molecular flexibility index (Phi) is 4.41. The molecule has 0 amide bonds. The highest BCUT2D eigenvalue weighted by molar-refractivity contribution is 5.56. The topological polar surface area (TPSA) is 73.0 Å². The lowest BCUT2D eigenvalue weighted by atomic mass is 10.2. The van der Waals surface area contributed by atoms with Crippen LogP contribution in [0.2, 0.25) is 0 Å². The van der Waals surface area contributed by atoms with Gasteiger partial charge in [-0.25, -0.2) is 0 Å². The normalized spacial score (nSPS) is 18.9. The van der Waals surface area contributed by atoms with E-state index in [2.05, 4.69) is 15.9 Å². The van der Waals surface area contributed by atoms with Gasteiger partial charge in [0, 0.05) is 44.1 Å². The van der Waals surface area contributed by atoms with E-state index in [4.69, 9.17) is 10.8 Å². The minimum Gasteiger partial charge on any atom is -0.399 e. The Hall–Kier alpha value is -1.30. The van der Waals surface area contributed by atoms with Crippen molar-refractivity contribution in [2.45, 2.75) is 6.10 Å². The number of aliphatic hydroxyl groups is 2. The number of rotatable bonds is 4. The fourth-order valence-corrected chi connectivity index (χ4v) is 2.27. The first-order valence-electron chi connectivity index (χ1n) is 6.31. The molecule has 1 heterocycles. The quantitative estimate of drug-likeness (QED) is 0.643. The molecule has 0 aliphatic carbocycles. The molecule has 4 N–H and O–H groups in total. The average molecular weight is 251 g/mol. The van der Waals surface area contributed by atoms with E-state index in [0.29, 0.717) is 6.54 Å². The summed E-state index contributed by atoms with van der Waals surface area (Å²) >= 11 is 0. The van der Waals surface area contributed by atoms with Crippen LogP contribution in [0.1, 0.15) is 0 Å². The van der Waals surface area contributed by atoms with Gasteiger partial charge in [-0.1, -0.05) is 6.07 Å². The average Bonchev–Trinajstić information content (AvgIpc) is 2.39. The standard InChI is InChI=1S/C13H21N3O2/c14-11-2-1-3-12(8-11)16-6-4-15(5-7-16)9-13(18)10-17/h1-3,8,13,17-18H,4-7,9-10,14H2. The molecule has 0 aromatic heterocycles. The number of nitrogens with zero attached hydrogens (tertiary/aromatic N) is 2. The van der Waals surface area contributed by atoms with Crippen LogP contribution in [0.15, 0.2) is 24.3 Å². The van der Waals surface area contributed by atoms with Gasteiger partial charge in [0.25, 0.3) is 0 Å². The molecule has 1 aromatic rings. The molecule has 1 atom stereocenters. The van der Waals surface area contributed by atoms with Crippen LogP contribution in [0, 0.1) is 0 Å². The summed E-state index contributed by atoms with van der Waals surface area (Å²) in [6.45, 7) is 4.00. The van der Waals surface area contributed by atoms with Gasteiger partial charge < -0.3 is 20.8 Å². The SMILES string of the molecule is Nc1cccc(N2CCN(CC(O)CO)CC2)c1. The summed E-state index contributed by atoms with van der Waals surface area (Å²) in [5, 5.41) is 18.2. The summed E-state index contributed by atoms with van der Waals surface area (Å²) < 4.78 is 0. The van der Waals surface area contributed by atoms with Crippen molar-refractivity contribution in [1.82, 2.24) is 4.90 Å². The summed E-state index contributed by atoms with van der Waals surface area (Å²) in [5.74, 6) is 0. The van der Waals surface area contributed by atoms with Gasteiger partial charge in [0.2, 0.25) is 0 Å². The number of β-amino-alcohol motifs (C(OH)–C–C–N with tert-alkyl or cyclic N) is 1. The largest absolute Gasteiger partial charge is 0.399 e. The Labute approximate surface area is 107 Å². The number of benzene rings is 1. The van der Waals surface area contributed by atoms with Crippen molar-refractivity contribution >= 4 is 11.4 Å². The predicted octanol–water partition coefficient (Wildman–Crippen LogP) is -0.256. The molecule has 5 heteroatoms. The van der Waals surface area contributed by atoms with Gasteiger partial charge in [-0.2, -0.15) is 0 Å². The number of nitrogen functional groups attached to an aromatic ring is 1. The summed E-state index contributed by atoms with van der Waals surface area (Å²) in [6, 6.07) is 7.90. The maximum atomic E-state index is 9.41. The van der Waals surface area contributed by atoms with E-state index in [0.717, 1.165) is 37.6 Å². The first-order valence-corrected chi connectivity index (χ1v) is 6.31. The van der Waals surface area contributed by atoms with E-state index >= 15 is 0 Å². The molecule has 0 spiro atoms. The lowest BCUT2D eigenvalue weighted by Crippen LogP contribution is -2.49. The number of aliphatic hydroxyl groups excluding tert-OH is 2. The lowest BCUT2D eigenvalue weighted by molar-refractivity contribution is 0.0575. The van der Waals surface area contributed by atoms with Gasteiger partial charge in [0.05, 0.1) is 12.7 Å². The molecule has 0 saturated carbocycles. The molecule has 18 heavy (non-hydrogen) atoms. The highest BCUT2D eigenvalue weighted by Gasteiger charge is 2.19. The predicted molar refractivity (Wildman–Crippen MR) is 72.6 cm³/mol. The number of hydrogen-bond donors (Lipinski definition) is 3. The van der Waals surface area contributed by atoms with Gasteiger partial charge in [-0.15, -0.1) is 0 Å². The Morgan fingerprint density at radius 1 is 1.22 bits per heavy atom. The molecule has 1 aromatic carbocycles. The van der Waals surface area contributed by atoms with Gasteiger partial charge in [-0.3, -0.25) is 4.90 Å². The van der Waals surface area contributed by atoms with Crippen molar-refractivity contribution in [1.29, 1.82) is 0 Å². The summed E-state index contributed by atoms with van der Waals surface area (Å²) in [6.07, 6.45) is -0.635. The molecule has 2 rings (SSSR count). The van der Waals surface area contributed by atoms with Crippen LogP contribution in [0.3, 0.4) is 0 Å². The maximum absolute atomic E-state index is 9.41. The number of nitrogens with two attached hydrogens (primary N) is 1. The summed E-state index contributed by atoms with van der Waals surface area (Å²) in [4.78, 5) is 4.46. The third-order valence-electron chi connectivity index (χ3n) is 3.29. The zero-order valence-corrected chi connectivity index (χ0v) is 10.5. The highest BCUT2D eigenvalue weighted by atomic mass is 16.3. The molecule has 1 unspecified atom stereocenters. The number of hydrogen-bond acceptors (Lipinski definition) is 5. The second kappa shape index (κ2) is 6.04. The van der Waals surface area contributed by atoms with Crippen molar-refractivity contribution in [2.75, 3.05) is 50.0 Å². The second-order valence-corrected chi connectivity index (χ2v) is 4.72. The fraction of sp³-hybridized carbons (Fsp3) is 0.538. The van der Waals surface area contributed by atoms with Crippen LogP contribution in [0.25, 0.3) is 0 Å². The smallest absolute Gasteiger partial charge is 0.0897 e. The third kappa shape index (κ3) is 3.35. The van der Waals surface area contributed by atoms with E-state index < -0.39 is 6.10 Å². The molecule has 1 fully saturated rings. The summed E-state index contributed by atoms with van der Waals surface area (Å²) in [7, 11) is 0. The first-order chi connectivity index (χ1) is 8.69. The monoisotopic (exact) mass is 251 g/mol. The van der Waals surface area contributed by atoms with Crippen LogP contribution in [-0.4, -0.2) is 60.5 Å². The van der Waals surface area contributed by atoms with E-state index in [1.807, 2.05) is 18.2 Å². The number of piperazine rings is 1. The lowest BCUT2D eigenvalue weighted by Gasteiger charge is -2.36. The van der Waals surface area contributed by atoms with Crippen molar-refractivity contribution in [3.8, 4) is 0 Å². The summed E-state index contributed by atoms with van der Waals surface area (Å²) in [5.41, 5.74) is 7.71. The van der Waals surface area contributed by atoms with Crippen molar-refractivity contribution in [2.24, 2.45) is 0 Å². The van der Waals surface area contributed by atoms with Crippen LogP contribution >= 0.6 is 0 Å². The van der Waals surface area contributed by atoms with Crippen LogP contribution in [0.4, 0.5) is 11.4 Å². The Bertz CT molecular complexity index is 378. The van der Waals surface area contributed by atoms with Gasteiger partial charge in [0.15, 0.2) is 0 Å². The third-order valence-corrected chi connectivity index (χ3v) is 3.29. The van der Waals surface area contributed by atoms with Crippen molar-refractivity contribution in [3.05, 3.63) is 24.3 Å². The van der Waals surface area contributed by atoms with E-state index in [1.165, 1.54) is 0 Å². The molecule has 100 valence electrons. The van der Waals surface area contributed by atoms with E-state index in [-0.39, 0.29) is 6.61 Å². The van der Waals surface area contributed by atoms with Crippen molar-refractivity contribution in [3.63, 3.8) is 0 Å². The zero-order chi connectivity index (χ0) is 13.0. The van der Waals surface area contributed by atoms with Gasteiger partial charge >= 0.3 is 0 Å². The van der Waals surface area contributed by atoms with Crippen LogP contribution in [-0.2, 0) is 0 Å². The van der Waals surface area contributed by atoms with E-state index in [1.54, 1.807) is 0 Å². The first kappa shape index (κ1) is 13.1. The Morgan fingerprint density at radius 3 is 2.56 bits per heavy atom. The zero-order valence-electron chi connectivity index (χ0n) is 10.5. The fourth-order valence-electron chi connectivity index (χ4n) is 2.27. The second-order valence-electron chi connectivity index (χ2n) is 4.72. The van der Waals surface area contributed by atoms with E-state index in [9.17, 15) is 5.11 Å². The molecule has 1 saturated heterocycles. The Morgan fingerprint density at radius 2 is 1.94 bits per heavy atom. The van der Waals surface area contributed by atoms with Crippen LogP contribution < -0.4 is 10.6 Å². The molecular weight excluding hydrogens is 230 g/mol. The van der Waals surface area contributed by atoms with Gasteiger partial charge in [0.1, 0.15) is 0 Å². The highest BCUT2D eigenvalue weighted by Crippen LogP contribution is 2.19. The molecule has 0 bridgehead atoms. The van der Waals surface area contributed by atoms with Crippen molar-refractivity contribution < 1.29 is 10.2 Å². The minimum absolute atomic E-state index is 0.171. The number of anilines is 2.